The lowest BCUT2D eigenvalue weighted by molar-refractivity contribution is -0.212. The molecule has 2 bridgehead atoms. The van der Waals surface area contributed by atoms with Crippen LogP contribution in [0.3, 0.4) is 0 Å². The molecular formula is C30H32ClF2N7O5. The standard InChI is InChI=1S/C30H32ClF2N7O5/c1-38(2)26(41)15-8-17-12-44-13-18(9-15)40(17)29-34-11-20(31)25(37-29)35-16-6-7-21-19(10-16)23-22(27(42)39(21)3)28(43)45-30(32,33)24(36-23)14-4-5-14/h6-7,10-11,14-15,17-18,24,36H,4-5,8-9,12-13H2,1-3H3,(H,34,35,37). The number of carbonyl (C=O) groups excluding carboxylic acids is 2. The average molecular weight is 644 g/mol. The normalized spacial score (nSPS) is 25.6. The number of anilines is 4. The van der Waals surface area contributed by atoms with Crippen molar-refractivity contribution in [3.05, 3.63) is 45.3 Å². The van der Waals surface area contributed by atoms with E-state index in [0.29, 0.717) is 67.3 Å². The Hall–Kier alpha value is -4.04. The monoisotopic (exact) mass is 643 g/mol. The largest absolute Gasteiger partial charge is 0.421 e. The van der Waals surface area contributed by atoms with Crippen LogP contribution in [0.2, 0.25) is 5.02 Å². The van der Waals surface area contributed by atoms with Gasteiger partial charge in [-0.05, 0) is 49.8 Å². The molecular weight excluding hydrogens is 612 g/mol. The van der Waals surface area contributed by atoms with Crippen molar-refractivity contribution >= 4 is 57.5 Å². The molecule has 2 saturated heterocycles. The topological polar surface area (TPSA) is 131 Å². The van der Waals surface area contributed by atoms with Crippen molar-refractivity contribution in [3.8, 4) is 0 Å². The second-order valence-electron chi connectivity index (χ2n) is 12.4. The Balaban J connectivity index is 1.24. The third-order valence-electron chi connectivity index (χ3n) is 9.12. The number of halogens is 3. The number of nitrogens with one attached hydrogen (secondary N) is 2. The van der Waals surface area contributed by atoms with Gasteiger partial charge < -0.3 is 34.5 Å². The van der Waals surface area contributed by atoms with E-state index in [1.54, 1.807) is 37.2 Å². The summed E-state index contributed by atoms with van der Waals surface area (Å²) in [4.78, 5) is 51.7. The van der Waals surface area contributed by atoms with Crippen LogP contribution in [0.4, 0.5) is 31.9 Å². The molecule has 238 valence electrons. The minimum atomic E-state index is -3.78. The number of benzene rings is 1. The maximum Gasteiger partial charge on any atom is 0.421 e. The number of cyclic esters (lactones) is 1. The lowest BCUT2D eigenvalue weighted by Crippen LogP contribution is -2.59. The fraction of sp³-hybridized carbons (Fsp3) is 0.500. The Kier molecular flexibility index (Phi) is 7.11. The van der Waals surface area contributed by atoms with E-state index in [9.17, 15) is 23.2 Å². The summed E-state index contributed by atoms with van der Waals surface area (Å²) in [7, 11) is 4.98. The summed E-state index contributed by atoms with van der Waals surface area (Å²) in [6.07, 6.45) is 0.0348. The van der Waals surface area contributed by atoms with Crippen molar-refractivity contribution in [1.29, 1.82) is 0 Å². The van der Waals surface area contributed by atoms with Crippen LogP contribution in [0.15, 0.2) is 29.2 Å². The van der Waals surface area contributed by atoms with Crippen LogP contribution in [0.1, 0.15) is 36.0 Å². The third-order valence-corrected chi connectivity index (χ3v) is 9.40. The number of piperidine rings is 1. The van der Waals surface area contributed by atoms with Gasteiger partial charge in [-0.3, -0.25) is 9.59 Å². The maximum absolute atomic E-state index is 15.0. The summed E-state index contributed by atoms with van der Waals surface area (Å²) in [6, 6.07) is 3.36. The quantitative estimate of drug-likeness (QED) is 0.397. The van der Waals surface area contributed by atoms with E-state index in [0.717, 1.165) is 0 Å². The fourth-order valence-corrected chi connectivity index (χ4v) is 6.92. The zero-order chi connectivity index (χ0) is 31.8. The highest BCUT2D eigenvalue weighted by atomic mass is 35.5. The molecule has 2 N–H and O–H groups in total. The molecule has 1 saturated carbocycles. The molecule has 0 spiro atoms. The maximum atomic E-state index is 15.0. The van der Waals surface area contributed by atoms with Gasteiger partial charge in [0, 0.05) is 38.1 Å². The predicted molar refractivity (Wildman–Crippen MR) is 162 cm³/mol. The van der Waals surface area contributed by atoms with Gasteiger partial charge in [-0.15, -0.1) is 0 Å². The van der Waals surface area contributed by atoms with Crippen LogP contribution in [0, 0.1) is 11.8 Å². The van der Waals surface area contributed by atoms with E-state index in [4.69, 9.17) is 21.3 Å². The van der Waals surface area contributed by atoms with Crippen LogP contribution in [-0.2, 0) is 21.3 Å². The number of nitrogens with zero attached hydrogens (tertiary/aromatic N) is 5. The van der Waals surface area contributed by atoms with Crippen molar-refractivity contribution in [2.45, 2.75) is 49.9 Å². The van der Waals surface area contributed by atoms with Crippen molar-refractivity contribution in [1.82, 2.24) is 19.4 Å². The zero-order valence-electron chi connectivity index (χ0n) is 24.8. The number of aromatic nitrogens is 3. The summed E-state index contributed by atoms with van der Waals surface area (Å²) in [5.41, 5.74) is -0.285. The van der Waals surface area contributed by atoms with E-state index in [1.807, 2.05) is 0 Å². The summed E-state index contributed by atoms with van der Waals surface area (Å²) in [6.45, 7) is 0.876. The molecule has 3 fully saturated rings. The third kappa shape index (κ3) is 5.13. The summed E-state index contributed by atoms with van der Waals surface area (Å²) in [5, 5.41) is 6.63. The number of aryl methyl sites for hydroxylation is 1. The number of alkyl halides is 2. The van der Waals surface area contributed by atoms with Gasteiger partial charge >= 0.3 is 12.1 Å². The fourth-order valence-electron chi connectivity index (χ4n) is 6.78. The van der Waals surface area contributed by atoms with Gasteiger partial charge in [-0.2, -0.15) is 13.8 Å². The number of amides is 1. The molecule has 3 atom stereocenters. The van der Waals surface area contributed by atoms with E-state index < -0.39 is 35.2 Å². The molecule has 4 aliphatic rings. The predicted octanol–water partition coefficient (Wildman–Crippen LogP) is 3.75. The van der Waals surface area contributed by atoms with E-state index in [2.05, 4.69) is 25.3 Å². The van der Waals surface area contributed by atoms with Crippen molar-refractivity contribution in [2.24, 2.45) is 18.9 Å². The number of hydrogen-bond acceptors (Lipinski definition) is 10. The number of fused-ring (bicyclic) bond motifs is 5. The molecule has 1 amide bonds. The Bertz CT molecular complexity index is 1770. The molecule has 2 aromatic heterocycles. The molecule has 12 nitrogen and oxygen atoms in total. The van der Waals surface area contributed by atoms with Gasteiger partial charge in [0.25, 0.3) is 5.56 Å². The molecule has 45 heavy (non-hydrogen) atoms. The van der Waals surface area contributed by atoms with Crippen LogP contribution in [-0.4, -0.2) is 82.9 Å². The molecule has 3 aliphatic heterocycles. The van der Waals surface area contributed by atoms with Crippen LogP contribution in [0.25, 0.3) is 10.9 Å². The molecule has 1 aliphatic carbocycles. The minimum Gasteiger partial charge on any atom is -0.395 e. The number of morpholine rings is 1. The van der Waals surface area contributed by atoms with Gasteiger partial charge in [-0.25, -0.2) is 9.78 Å². The molecule has 3 unspecified atom stereocenters. The zero-order valence-corrected chi connectivity index (χ0v) is 25.6. The van der Waals surface area contributed by atoms with E-state index in [1.165, 1.54) is 17.8 Å². The minimum absolute atomic E-state index is 0.00765. The molecule has 15 heteroatoms. The molecule has 1 aromatic carbocycles. The first-order valence-electron chi connectivity index (χ1n) is 14.8. The summed E-state index contributed by atoms with van der Waals surface area (Å²) < 4.78 is 41.5. The molecule has 3 aromatic rings. The van der Waals surface area contributed by atoms with Crippen molar-refractivity contribution in [3.63, 3.8) is 0 Å². The highest BCUT2D eigenvalue weighted by Gasteiger charge is 2.54. The number of rotatable bonds is 5. The van der Waals surface area contributed by atoms with Gasteiger partial charge in [0.1, 0.15) is 16.6 Å². The number of pyridine rings is 1. The number of hydrogen-bond donors (Lipinski definition) is 2. The lowest BCUT2D eigenvalue weighted by atomic mass is 9.84. The SMILES string of the molecule is CN(C)C(=O)C1CC2COCC(C1)N2c1ncc(Cl)c(Nc2ccc3c(c2)c2c(c(=O)n3C)C(=O)OC(F)(F)C(C3CC3)N2)n1. The highest BCUT2D eigenvalue weighted by Crippen LogP contribution is 2.45. The molecule has 0 radical (unpaired) electrons. The number of ether oxygens (including phenoxy) is 2. The Labute approximate surface area is 261 Å². The van der Waals surface area contributed by atoms with Gasteiger partial charge in [0.2, 0.25) is 11.9 Å². The van der Waals surface area contributed by atoms with Crippen LogP contribution in [0.5, 0.6) is 0 Å². The summed E-state index contributed by atoms with van der Waals surface area (Å²) in [5.74, 6) is -1.06. The second kappa shape index (κ2) is 10.8. The van der Waals surface area contributed by atoms with Crippen LogP contribution >= 0.6 is 11.6 Å². The first kappa shape index (κ1) is 29.7. The summed E-state index contributed by atoms with van der Waals surface area (Å²) >= 11 is 6.53. The van der Waals surface area contributed by atoms with E-state index in [-0.39, 0.29) is 34.6 Å². The first-order valence-corrected chi connectivity index (χ1v) is 15.2. The Morgan fingerprint density at radius 2 is 1.89 bits per heavy atom. The van der Waals surface area contributed by atoms with Crippen molar-refractivity contribution in [2.75, 3.05) is 42.8 Å². The molecule has 7 rings (SSSR count). The smallest absolute Gasteiger partial charge is 0.395 e. The van der Waals surface area contributed by atoms with E-state index >= 15 is 0 Å². The number of esters is 1. The Morgan fingerprint density at radius 3 is 2.56 bits per heavy atom. The Morgan fingerprint density at radius 1 is 1.18 bits per heavy atom. The van der Waals surface area contributed by atoms with Gasteiger partial charge in [-0.1, -0.05) is 11.6 Å². The molecule has 5 heterocycles. The number of carbonyl (C=O) groups is 2. The van der Waals surface area contributed by atoms with Crippen molar-refractivity contribution < 1.29 is 27.8 Å². The second-order valence-corrected chi connectivity index (χ2v) is 12.8. The lowest BCUT2D eigenvalue weighted by Gasteiger charge is -2.48. The highest BCUT2D eigenvalue weighted by molar-refractivity contribution is 6.33. The van der Waals surface area contributed by atoms with Gasteiger partial charge in [0.15, 0.2) is 5.82 Å². The van der Waals surface area contributed by atoms with Gasteiger partial charge in [0.05, 0.1) is 42.7 Å². The first-order chi connectivity index (χ1) is 21.4. The average Bonchev–Trinajstić information content (AvgIpc) is 3.83. The van der Waals surface area contributed by atoms with Crippen LogP contribution < -0.4 is 21.1 Å².